The smallest absolute Gasteiger partial charge is 0.0589 e. The highest BCUT2D eigenvalue weighted by Crippen LogP contribution is 2.00. The van der Waals surface area contributed by atoms with Crippen LogP contribution in [0.4, 0.5) is 0 Å². The molecule has 0 aliphatic rings. The molecule has 0 aliphatic carbocycles. The Kier molecular flexibility index (Phi) is 9.06. The van der Waals surface area contributed by atoms with Crippen LogP contribution in [0.2, 0.25) is 0 Å². The Morgan fingerprint density at radius 2 is 1.47 bits per heavy atom. The molecule has 0 unspecified atom stereocenters. The maximum absolute atomic E-state index is 5.04. The molecule has 0 bridgehead atoms. The van der Waals surface area contributed by atoms with Crippen LogP contribution in [0.15, 0.2) is 0 Å². The average Bonchev–Trinajstić information content (AvgIpc) is 2.20. The Morgan fingerprint density at radius 3 is 1.93 bits per heavy atom. The van der Waals surface area contributed by atoms with Crippen molar-refractivity contribution in [2.45, 2.75) is 20.3 Å². The largest absolute Gasteiger partial charge is 0.383 e. The predicted molar refractivity (Wildman–Crippen MR) is 66.3 cm³/mol. The van der Waals surface area contributed by atoms with Gasteiger partial charge in [0.05, 0.1) is 6.61 Å². The van der Waals surface area contributed by atoms with Gasteiger partial charge in [-0.2, -0.15) is 0 Å². The van der Waals surface area contributed by atoms with Crippen molar-refractivity contribution in [1.82, 2.24) is 9.80 Å². The van der Waals surface area contributed by atoms with E-state index >= 15 is 0 Å². The van der Waals surface area contributed by atoms with Gasteiger partial charge in [0.25, 0.3) is 0 Å². The molecular weight excluding hydrogens is 188 g/mol. The normalized spacial score (nSPS) is 12.0. The monoisotopic (exact) mass is 216 g/mol. The molecule has 0 saturated carbocycles. The second kappa shape index (κ2) is 9.13. The van der Waals surface area contributed by atoms with Gasteiger partial charge in [0.1, 0.15) is 0 Å². The van der Waals surface area contributed by atoms with E-state index in [0.717, 1.165) is 32.2 Å². The van der Waals surface area contributed by atoms with Gasteiger partial charge < -0.3 is 14.5 Å². The van der Waals surface area contributed by atoms with E-state index in [1.54, 1.807) is 7.11 Å². The van der Waals surface area contributed by atoms with Crippen LogP contribution in [0, 0.1) is 5.92 Å². The average molecular weight is 216 g/mol. The standard InChI is InChI=1S/C12H28N2O/c1-12(2)6-7-13(3)8-9-14(4)10-11-15-5/h12H,6-11H2,1-5H3. The van der Waals surface area contributed by atoms with E-state index in [-0.39, 0.29) is 0 Å². The zero-order valence-corrected chi connectivity index (χ0v) is 11.1. The summed E-state index contributed by atoms with van der Waals surface area (Å²) in [6, 6.07) is 0. The molecule has 0 saturated heterocycles. The molecule has 0 aromatic rings. The van der Waals surface area contributed by atoms with Crippen LogP contribution in [0.25, 0.3) is 0 Å². The van der Waals surface area contributed by atoms with E-state index in [4.69, 9.17) is 4.74 Å². The molecule has 0 N–H and O–H groups in total. The lowest BCUT2D eigenvalue weighted by molar-refractivity contribution is 0.153. The summed E-state index contributed by atoms with van der Waals surface area (Å²) in [7, 11) is 6.10. The highest BCUT2D eigenvalue weighted by atomic mass is 16.5. The van der Waals surface area contributed by atoms with Crippen molar-refractivity contribution in [3.05, 3.63) is 0 Å². The fourth-order valence-corrected chi connectivity index (χ4v) is 1.29. The SMILES string of the molecule is COCCN(C)CCN(C)CCC(C)C. The van der Waals surface area contributed by atoms with Gasteiger partial charge in [0.2, 0.25) is 0 Å². The summed E-state index contributed by atoms with van der Waals surface area (Å²) >= 11 is 0. The van der Waals surface area contributed by atoms with Gasteiger partial charge >= 0.3 is 0 Å². The molecule has 0 spiro atoms. The first kappa shape index (κ1) is 14.9. The summed E-state index contributed by atoms with van der Waals surface area (Å²) in [4.78, 5) is 4.72. The first-order chi connectivity index (χ1) is 7.06. The third-order valence-electron chi connectivity index (χ3n) is 2.63. The number of methoxy groups -OCH3 is 1. The van der Waals surface area contributed by atoms with Crippen LogP contribution in [-0.4, -0.2) is 63.8 Å². The van der Waals surface area contributed by atoms with Crippen molar-refractivity contribution >= 4 is 0 Å². The Hall–Kier alpha value is -0.120. The van der Waals surface area contributed by atoms with Crippen molar-refractivity contribution in [1.29, 1.82) is 0 Å². The first-order valence-electron chi connectivity index (χ1n) is 5.92. The molecule has 3 heteroatoms. The molecule has 0 radical (unpaired) electrons. The zero-order valence-electron chi connectivity index (χ0n) is 11.1. The quantitative estimate of drug-likeness (QED) is 0.581. The van der Waals surface area contributed by atoms with Crippen molar-refractivity contribution in [2.24, 2.45) is 5.92 Å². The summed E-state index contributed by atoms with van der Waals surface area (Å²) in [5.41, 5.74) is 0. The van der Waals surface area contributed by atoms with E-state index in [2.05, 4.69) is 37.7 Å². The topological polar surface area (TPSA) is 15.7 Å². The summed E-state index contributed by atoms with van der Waals surface area (Å²) in [5.74, 6) is 0.804. The van der Waals surface area contributed by atoms with Gasteiger partial charge in [-0.1, -0.05) is 13.8 Å². The molecule has 15 heavy (non-hydrogen) atoms. The van der Waals surface area contributed by atoms with E-state index < -0.39 is 0 Å². The van der Waals surface area contributed by atoms with Gasteiger partial charge in [0.15, 0.2) is 0 Å². The molecule has 0 aromatic heterocycles. The molecular formula is C12H28N2O. The van der Waals surface area contributed by atoms with Gasteiger partial charge in [-0.05, 0) is 33.0 Å². The third kappa shape index (κ3) is 10.2. The van der Waals surface area contributed by atoms with Gasteiger partial charge in [-0.3, -0.25) is 0 Å². The van der Waals surface area contributed by atoms with Crippen LogP contribution in [0.5, 0.6) is 0 Å². The number of hydrogen-bond donors (Lipinski definition) is 0. The molecule has 0 heterocycles. The Labute approximate surface area is 95.4 Å². The Morgan fingerprint density at radius 1 is 0.933 bits per heavy atom. The molecule has 0 fully saturated rings. The zero-order chi connectivity index (χ0) is 11.7. The lowest BCUT2D eigenvalue weighted by Gasteiger charge is -2.22. The van der Waals surface area contributed by atoms with Crippen LogP contribution in [0.3, 0.4) is 0 Å². The van der Waals surface area contributed by atoms with Crippen molar-refractivity contribution in [2.75, 3.05) is 54.0 Å². The maximum atomic E-state index is 5.04. The highest BCUT2D eigenvalue weighted by Gasteiger charge is 2.02. The minimum absolute atomic E-state index is 0.804. The van der Waals surface area contributed by atoms with Crippen molar-refractivity contribution in [3.63, 3.8) is 0 Å². The van der Waals surface area contributed by atoms with E-state index in [0.29, 0.717) is 0 Å². The molecule has 0 aliphatic heterocycles. The van der Waals surface area contributed by atoms with Gasteiger partial charge in [-0.15, -0.1) is 0 Å². The van der Waals surface area contributed by atoms with E-state index in [9.17, 15) is 0 Å². The summed E-state index contributed by atoms with van der Waals surface area (Å²) in [6.45, 7) is 9.87. The predicted octanol–water partition coefficient (Wildman–Crippen LogP) is 1.54. The molecule has 92 valence electrons. The van der Waals surface area contributed by atoms with Crippen molar-refractivity contribution < 1.29 is 4.74 Å². The first-order valence-corrected chi connectivity index (χ1v) is 5.92. The Bertz CT molecular complexity index is 140. The molecule has 0 amide bonds. The lowest BCUT2D eigenvalue weighted by Crippen LogP contribution is -2.33. The number of hydrogen-bond acceptors (Lipinski definition) is 3. The van der Waals surface area contributed by atoms with Crippen LogP contribution < -0.4 is 0 Å². The number of rotatable bonds is 9. The van der Waals surface area contributed by atoms with E-state index in [1.165, 1.54) is 13.0 Å². The van der Waals surface area contributed by atoms with Crippen molar-refractivity contribution in [3.8, 4) is 0 Å². The highest BCUT2D eigenvalue weighted by molar-refractivity contribution is 4.58. The van der Waals surface area contributed by atoms with E-state index in [1.807, 2.05) is 0 Å². The molecule has 0 aromatic carbocycles. The van der Waals surface area contributed by atoms with Crippen LogP contribution in [-0.2, 0) is 4.74 Å². The lowest BCUT2D eigenvalue weighted by atomic mass is 10.1. The maximum Gasteiger partial charge on any atom is 0.0589 e. The minimum atomic E-state index is 0.804. The number of ether oxygens (including phenoxy) is 1. The second-order valence-electron chi connectivity index (χ2n) is 4.78. The van der Waals surface area contributed by atoms with Crippen LogP contribution in [0.1, 0.15) is 20.3 Å². The second-order valence-corrected chi connectivity index (χ2v) is 4.78. The van der Waals surface area contributed by atoms with Gasteiger partial charge in [0, 0.05) is 26.7 Å². The molecule has 3 nitrogen and oxygen atoms in total. The molecule has 0 atom stereocenters. The third-order valence-corrected chi connectivity index (χ3v) is 2.63. The van der Waals surface area contributed by atoms with Crippen LogP contribution >= 0.6 is 0 Å². The summed E-state index contributed by atoms with van der Waals surface area (Å²) < 4.78 is 5.04. The fraction of sp³-hybridized carbons (Fsp3) is 1.00. The number of nitrogens with zero attached hydrogens (tertiary/aromatic N) is 2. The molecule has 0 rings (SSSR count). The fourth-order valence-electron chi connectivity index (χ4n) is 1.29. The minimum Gasteiger partial charge on any atom is -0.383 e. The number of likely N-dealkylation sites (N-methyl/N-ethyl adjacent to an activating group) is 2. The summed E-state index contributed by atoms with van der Waals surface area (Å²) in [6.07, 6.45) is 1.29. The van der Waals surface area contributed by atoms with Gasteiger partial charge in [-0.25, -0.2) is 0 Å². The summed E-state index contributed by atoms with van der Waals surface area (Å²) in [5, 5.41) is 0. The Balaban J connectivity index is 3.39.